The van der Waals surface area contributed by atoms with Gasteiger partial charge in [0.05, 0.1) is 18.2 Å². The lowest BCUT2D eigenvalue weighted by Gasteiger charge is -2.36. The monoisotopic (exact) mass is 434 g/mol. The van der Waals surface area contributed by atoms with Crippen LogP contribution in [0.25, 0.3) is 0 Å². The summed E-state index contributed by atoms with van der Waals surface area (Å²) in [5.74, 6) is 0.0644. The molecule has 2 aromatic rings. The summed E-state index contributed by atoms with van der Waals surface area (Å²) >= 11 is 7.51. The maximum absolute atomic E-state index is 12.9. The topological polar surface area (TPSA) is 81.4 Å². The molecular weight excluding hydrogens is 408 g/mol. The highest BCUT2D eigenvalue weighted by molar-refractivity contribution is 7.17. The van der Waals surface area contributed by atoms with Crippen molar-refractivity contribution in [2.24, 2.45) is 17.1 Å². The summed E-state index contributed by atoms with van der Waals surface area (Å²) in [4.78, 5) is 26.3. The van der Waals surface area contributed by atoms with Gasteiger partial charge in [0.1, 0.15) is 10.8 Å². The Morgan fingerprint density at radius 1 is 1.38 bits per heavy atom. The molecule has 0 bridgehead atoms. The number of nitrogens with one attached hydrogen (secondary N) is 1. The summed E-state index contributed by atoms with van der Waals surface area (Å²) in [5, 5.41) is 3.81. The maximum Gasteiger partial charge on any atom is 0.260 e. The molecule has 1 aromatic heterocycles. The molecular formula is C22H27ClN2O3S. The lowest BCUT2D eigenvalue weighted by Crippen LogP contribution is -2.29. The Bertz CT molecular complexity index is 952. The number of amides is 2. The number of carbonyl (C=O) groups excluding carboxylic acids is 2. The first-order valence-corrected chi connectivity index (χ1v) is 11.0. The Balaban J connectivity index is 1.94. The third-order valence-electron chi connectivity index (χ3n) is 6.16. The van der Waals surface area contributed by atoms with Gasteiger partial charge in [-0.3, -0.25) is 9.59 Å². The van der Waals surface area contributed by atoms with Crippen molar-refractivity contribution in [2.75, 3.05) is 12.4 Å². The second-order valence-corrected chi connectivity index (χ2v) is 9.69. The van der Waals surface area contributed by atoms with Gasteiger partial charge in [-0.15, -0.1) is 11.3 Å². The first kappa shape index (κ1) is 21.7. The number of halogens is 1. The van der Waals surface area contributed by atoms with Gasteiger partial charge in [-0.05, 0) is 54.4 Å². The third-order valence-corrected chi connectivity index (χ3v) is 7.57. The first-order valence-electron chi connectivity index (χ1n) is 9.77. The number of hydrogen-bond donors (Lipinski definition) is 2. The molecule has 1 heterocycles. The molecule has 0 radical (unpaired) electrons. The van der Waals surface area contributed by atoms with Crippen LogP contribution in [0.5, 0.6) is 5.75 Å². The van der Waals surface area contributed by atoms with Gasteiger partial charge in [0.25, 0.3) is 11.8 Å². The number of nitrogens with two attached hydrogens (primary N) is 1. The van der Waals surface area contributed by atoms with Crippen LogP contribution in [0.3, 0.4) is 0 Å². The van der Waals surface area contributed by atoms with E-state index in [0.717, 1.165) is 36.1 Å². The number of primary amides is 1. The smallest absolute Gasteiger partial charge is 0.260 e. The molecule has 0 saturated heterocycles. The van der Waals surface area contributed by atoms with E-state index < -0.39 is 5.91 Å². The Morgan fingerprint density at radius 2 is 2.10 bits per heavy atom. The molecule has 1 aliphatic carbocycles. The van der Waals surface area contributed by atoms with Gasteiger partial charge in [-0.2, -0.15) is 0 Å². The number of rotatable bonds is 6. The van der Waals surface area contributed by atoms with Crippen molar-refractivity contribution in [3.63, 3.8) is 0 Å². The number of methoxy groups -OCH3 is 1. The highest BCUT2D eigenvalue weighted by Gasteiger charge is 2.35. The minimum Gasteiger partial charge on any atom is -0.496 e. The maximum atomic E-state index is 12.9. The van der Waals surface area contributed by atoms with Gasteiger partial charge in [0.15, 0.2) is 0 Å². The van der Waals surface area contributed by atoms with Crippen LogP contribution in [0.15, 0.2) is 18.2 Å². The van der Waals surface area contributed by atoms with Crippen molar-refractivity contribution in [1.82, 2.24) is 0 Å². The van der Waals surface area contributed by atoms with Crippen LogP contribution >= 0.6 is 22.9 Å². The van der Waals surface area contributed by atoms with Gasteiger partial charge >= 0.3 is 0 Å². The SMILES string of the molecule is CCC(C)(C)[C@@H]1CCc2c(sc(NC(=O)c3cc(Cl)ccc3OC)c2C(N)=O)C1. The molecule has 2 amide bonds. The minimum atomic E-state index is -0.510. The molecule has 0 fully saturated rings. The van der Waals surface area contributed by atoms with Gasteiger partial charge in [-0.25, -0.2) is 0 Å². The molecule has 1 atom stereocenters. The summed E-state index contributed by atoms with van der Waals surface area (Å²) in [7, 11) is 1.49. The number of hydrogen-bond acceptors (Lipinski definition) is 4. The summed E-state index contributed by atoms with van der Waals surface area (Å²) in [5.41, 5.74) is 7.66. The van der Waals surface area contributed by atoms with Crippen molar-refractivity contribution < 1.29 is 14.3 Å². The lowest BCUT2D eigenvalue weighted by molar-refractivity contribution is 0.0999. The highest BCUT2D eigenvalue weighted by atomic mass is 35.5. The predicted octanol–water partition coefficient (Wildman–Crippen LogP) is 5.30. The number of anilines is 1. The zero-order valence-electron chi connectivity index (χ0n) is 17.2. The molecule has 5 nitrogen and oxygen atoms in total. The molecule has 0 spiro atoms. The fourth-order valence-corrected chi connectivity index (χ4v) is 5.42. The van der Waals surface area contributed by atoms with Gasteiger partial charge in [0.2, 0.25) is 0 Å². The Labute approximate surface area is 180 Å². The zero-order chi connectivity index (χ0) is 21.3. The van der Waals surface area contributed by atoms with Crippen LogP contribution in [0, 0.1) is 11.3 Å². The van der Waals surface area contributed by atoms with E-state index in [4.69, 9.17) is 22.1 Å². The third kappa shape index (κ3) is 4.28. The second-order valence-electron chi connectivity index (χ2n) is 8.15. The standard InChI is InChI=1S/C22H27ClN2O3S/c1-5-22(2,3)12-6-8-14-17(10-12)29-21(18(14)19(24)26)25-20(27)15-11-13(23)7-9-16(15)28-4/h7,9,11-12H,5-6,8,10H2,1-4H3,(H2,24,26)(H,25,27)/t12-/m1/s1. The van der Waals surface area contributed by atoms with Crippen LogP contribution in [0.1, 0.15) is 64.8 Å². The van der Waals surface area contributed by atoms with E-state index in [1.54, 1.807) is 18.2 Å². The van der Waals surface area contributed by atoms with Gasteiger partial charge in [-0.1, -0.05) is 38.8 Å². The molecule has 29 heavy (non-hydrogen) atoms. The van der Waals surface area contributed by atoms with Crippen molar-refractivity contribution in [2.45, 2.75) is 46.5 Å². The van der Waals surface area contributed by atoms with E-state index in [1.165, 1.54) is 18.4 Å². The van der Waals surface area contributed by atoms with E-state index in [1.807, 2.05) is 0 Å². The Morgan fingerprint density at radius 3 is 2.72 bits per heavy atom. The van der Waals surface area contributed by atoms with Gasteiger partial charge < -0.3 is 15.8 Å². The van der Waals surface area contributed by atoms with E-state index in [-0.39, 0.29) is 11.3 Å². The molecule has 0 aliphatic heterocycles. The van der Waals surface area contributed by atoms with Crippen molar-refractivity contribution >= 4 is 39.8 Å². The van der Waals surface area contributed by atoms with Crippen LogP contribution in [0.4, 0.5) is 5.00 Å². The van der Waals surface area contributed by atoms with Crippen LogP contribution in [-0.2, 0) is 12.8 Å². The molecule has 156 valence electrons. The van der Waals surface area contributed by atoms with Gasteiger partial charge in [0, 0.05) is 9.90 Å². The highest BCUT2D eigenvalue weighted by Crippen LogP contribution is 2.45. The van der Waals surface area contributed by atoms with Crippen LogP contribution in [0.2, 0.25) is 5.02 Å². The number of carbonyl (C=O) groups is 2. The lowest BCUT2D eigenvalue weighted by atomic mass is 9.69. The summed E-state index contributed by atoms with van der Waals surface area (Å²) in [6.45, 7) is 6.79. The second kappa shape index (κ2) is 8.36. The zero-order valence-corrected chi connectivity index (χ0v) is 18.8. The molecule has 7 heteroatoms. The first-order chi connectivity index (χ1) is 13.7. The molecule has 1 aliphatic rings. The van der Waals surface area contributed by atoms with Crippen LogP contribution < -0.4 is 15.8 Å². The number of thiophene rings is 1. The number of ether oxygens (including phenoxy) is 1. The fraction of sp³-hybridized carbons (Fsp3) is 0.455. The number of fused-ring (bicyclic) bond motifs is 1. The fourth-order valence-electron chi connectivity index (χ4n) is 3.92. The average Bonchev–Trinajstić information content (AvgIpc) is 3.04. The average molecular weight is 435 g/mol. The molecule has 0 saturated carbocycles. The van der Waals surface area contributed by atoms with E-state index >= 15 is 0 Å². The van der Waals surface area contributed by atoms with E-state index in [9.17, 15) is 9.59 Å². The number of benzene rings is 1. The van der Waals surface area contributed by atoms with Crippen molar-refractivity contribution in [3.05, 3.63) is 44.8 Å². The predicted molar refractivity (Wildman–Crippen MR) is 118 cm³/mol. The minimum absolute atomic E-state index is 0.228. The molecule has 0 unspecified atom stereocenters. The van der Waals surface area contributed by atoms with Crippen LogP contribution in [-0.4, -0.2) is 18.9 Å². The van der Waals surface area contributed by atoms with Crippen molar-refractivity contribution in [3.8, 4) is 5.75 Å². The largest absolute Gasteiger partial charge is 0.496 e. The molecule has 3 N–H and O–H groups in total. The Kier molecular flexibility index (Phi) is 6.24. The van der Waals surface area contributed by atoms with Crippen molar-refractivity contribution in [1.29, 1.82) is 0 Å². The van der Waals surface area contributed by atoms with E-state index in [2.05, 4.69) is 26.1 Å². The summed E-state index contributed by atoms with van der Waals surface area (Å²) < 4.78 is 5.27. The molecule has 1 aromatic carbocycles. The summed E-state index contributed by atoms with van der Waals surface area (Å²) in [6, 6.07) is 4.85. The quantitative estimate of drug-likeness (QED) is 0.646. The van der Waals surface area contributed by atoms with E-state index in [0.29, 0.717) is 32.8 Å². The Hall–Kier alpha value is -2.05. The summed E-state index contributed by atoms with van der Waals surface area (Å²) in [6.07, 6.45) is 3.81. The molecule has 3 rings (SSSR count). The normalized spacial score (nSPS) is 16.2.